The molecule has 0 amide bonds. The minimum atomic E-state index is 0.143. The van der Waals surface area contributed by atoms with Gasteiger partial charge in [0.15, 0.2) is 0 Å². The quantitative estimate of drug-likeness (QED) is 0.726. The van der Waals surface area contributed by atoms with Crippen molar-refractivity contribution in [3.63, 3.8) is 0 Å². The molecule has 0 fully saturated rings. The van der Waals surface area contributed by atoms with Crippen LogP contribution in [0, 0.1) is 0 Å². The highest BCUT2D eigenvalue weighted by Gasteiger charge is 1.88. The molecule has 0 saturated carbocycles. The van der Waals surface area contributed by atoms with Crippen molar-refractivity contribution in [3.05, 3.63) is 10.6 Å². The molecule has 2 heteroatoms. The van der Waals surface area contributed by atoms with E-state index in [0.29, 0.717) is 0 Å². The van der Waals surface area contributed by atoms with Gasteiger partial charge in [0.25, 0.3) is 0 Å². The molecule has 0 aromatic rings. The van der Waals surface area contributed by atoms with Gasteiger partial charge in [-0.1, -0.05) is 29.3 Å². The predicted octanol–water partition coefficient (Wildman–Crippen LogP) is 2.45. The number of halogens is 1. The number of allylic oxidation sites excluding steroid dienone is 1. The lowest BCUT2D eigenvalue weighted by molar-refractivity contribution is 0.342. The molecule has 0 saturated heterocycles. The summed E-state index contributed by atoms with van der Waals surface area (Å²) in [5.41, 5.74) is 0. The second-order valence-corrected chi connectivity index (χ2v) is 2.96. The average molecular weight is 193 g/mol. The number of aliphatic hydroxyl groups excluding tert-OH is 1. The fraction of sp³-hybridized carbons (Fsp3) is 0.714. The molecule has 0 unspecified atom stereocenters. The summed E-state index contributed by atoms with van der Waals surface area (Å²) >= 11 is 3.34. The van der Waals surface area contributed by atoms with Gasteiger partial charge in [-0.3, -0.25) is 0 Å². The first kappa shape index (κ1) is 9.18. The third kappa shape index (κ3) is 6.06. The van der Waals surface area contributed by atoms with Crippen LogP contribution in [0.2, 0.25) is 0 Å². The van der Waals surface area contributed by atoms with E-state index in [1.165, 1.54) is 12.8 Å². The zero-order valence-corrected chi connectivity index (χ0v) is 7.32. The Morgan fingerprint density at radius 1 is 1.67 bits per heavy atom. The third-order valence-electron chi connectivity index (χ3n) is 1.08. The van der Waals surface area contributed by atoms with E-state index in [9.17, 15) is 0 Å². The number of rotatable bonds is 4. The monoisotopic (exact) mass is 192 g/mol. The van der Waals surface area contributed by atoms with Crippen molar-refractivity contribution in [2.45, 2.75) is 26.2 Å². The summed E-state index contributed by atoms with van der Waals surface area (Å²) in [6.07, 6.45) is 5.23. The van der Waals surface area contributed by atoms with Crippen LogP contribution in [-0.2, 0) is 0 Å². The zero-order chi connectivity index (χ0) is 7.11. The third-order valence-corrected chi connectivity index (χ3v) is 1.80. The van der Waals surface area contributed by atoms with Gasteiger partial charge in [-0.15, -0.1) is 0 Å². The second kappa shape index (κ2) is 6.30. The molecular weight excluding hydrogens is 180 g/mol. The molecule has 1 nitrogen and oxygen atoms in total. The summed E-state index contributed by atoms with van der Waals surface area (Å²) in [6, 6.07) is 0. The molecular formula is C7H13BrO. The van der Waals surface area contributed by atoms with Crippen molar-refractivity contribution < 1.29 is 5.11 Å². The van der Waals surface area contributed by atoms with Crippen molar-refractivity contribution in [1.82, 2.24) is 0 Å². The molecule has 0 aromatic carbocycles. The Bertz CT molecular complexity index is 88.9. The Morgan fingerprint density at radius 3 is 2.78 bits per heavy atom. The minimum Gasteiger partial charge on any atom is -0.392 e. The maximum absolute atomic E-state index is 8.43. The zero-order valence-electron chi connectivity index (χ0n) is 5.73. The number of unbranched alkanes of at least 4 members (excludes halogenated alkanes) is 1. The van der Waals surface area contributed by atoms with Crippen molar-refractivity contribution in [1.29, 1.82) is 0 Å². The van der Waals surface area contributed by atoms with E-state index in [1.807, 2.05) is 0 Å². The van der Waals surface area contributed by atoms with Gasteiger partial charge in [-0.25, -0.2) is 0 Å². The SMILES string of the molecule is CCCC/C(Br)=C\CO. The highest BCUT2D eigenvalue weighted by atomic mass is 79.9. The molecule has 0 heterocycles. The normalized spacial score (nSPS) is 12.1. The summed E-state index contributed by atoms with van der Waals surface area (Å²) in [5.74, 6) is 0. The maximum atomic E-state index is 8.43. The maximum Gasteiger partial charge on any atom is 0.0623 e. The lowest BCUT2D eigenvalue weighted by Gasteiger charge is -1.93. The van der Waals surface area contributed by atoms with Gasteiger partial charge in [0, 0.05) is 0 Å². The lowest BCUT2D eigenvalue weighted by Crippen LogP contribution is -1.77. The molecule has 0 atom stereocenters. The van der Waals surface area contributed by atoms with Crippen molar-refractivity contribution in [3.8, 4) is 0 Å². The molecule has 0 aromatic heterocycles. The largest absolute Gasteiger partial charge is 0.392 e. The second-order valence-electron chi connectivity index (χ2n) is 1.94. The van der Waals surface area contributed by atoms with E-state index < -0.39 is 0 Å². The van der Waals surface area contributed by atoms with Crippen molar-refractivity contribution in [2.75, 3.05) is 6.61 Å². The predicted molar refractivity (Wildman–Crippen MR) is 43.6 cm³/mol. The highest BCUT2D eigenvalue weighted by molar-refractivity contribution is 9.11. The average Bonchev–Trinajstić information content (AvgIpc) is 1.85. The van der Waals surface area contributed by atoms with Crippen LogP contribution in [0.15, 0.2) is 10.6 Å². The van der Waals surface area contributed by atoms with E-state index >= 15 is 0 Å². The standard InChI is InChI=1S/C7H13BrO/c1-2-3-4-7(8)5-6-9/h5,9H,2-4,6H2,1H3/b7-5+. The molecule has 0 aliphatic heterocycles. The number of hydrogen-bond acceptors (Lipinski definition) is 1. The molecule has 0 radical (unpaired) electrons. The van der Waals surface area contributed by atoms with E-state index in [2.05, 4.69) is 22.9 Å². The van der Waals surface area contributed by atoms with Gasteiger partial charge in [0.2, 0.25) is 0 Å². The van der Waals surface area contributed by atoms with Crippen LogP contribution in [0.3, 0.4) is 0 Å². The van der Waals surface area contributed by atoms with Crippen LogP contribution in [0.5, 0.6) is 0 Å². The Morgan fingerprint density at radius 2 is 2.33 bits per heavy atom. The van der Waals surface area contributed by atoms with Gasteiger partial charge in [-0.05, 0) is 23.4 Å². The minimum absolute atomic E-state index is 0.143. The summed E-state index contributed by atoms with van der Waals surface area (Å²) in [5, 5.41) is 8.43. The molecule has 1 N–H and O–H groups in total. The van der Waals surface area contributed by atoms with Crippen LogP contribution in [-0.4, -0.2) is 11.7 Å². The summed E-state index contributed by atoms with van der Waals surface area (Å²) in [6.45, 7) is 2.30. The van der Waals surface area contributed by atoms with Gasteiger partial charge >= 0.3 is 0 Å². The van der Waals surface area contributed by atoms with Crippen LogP contribution in [0.4, 0.5) is 0 Å². The van der Waals surface area contributed by atoms with E-state index in [1.54, 1.807) is 6.08 Å². The fourth-order valence-corrected chi connectivity index (χ4v) is 0.972. The Labute approximate surface area is 64.9 Å². The molecule has 0 rings (SSSR count). The molecule has 54 valence electrons. The highest BCUT2D eigenvalue weighted by Crippen LogP contribution is 2.12. The van der Waals surface area contributed by atoms with Gasteiger partial charge in [0.1, 0.15) is 0 Å². The smallest absolute Gasteiger partial charge is 0.0623 e. The van der Waals surface area contributed by atoms with Gasteiger partial charge in [-0.2, -0.15) is 0 Å². The molecule has 0 aliphatic rings. The van der Waals surface area contributed by atoms with E-state index in [-0.39, 0.29) is 6.61 Å². The van der Waals surface area contributed by atoms with Crippen LogP contribution in [0.1, 0.15) is 26.2 Å². The Kier molecular flexibility index (Phi) is 6.43. The van der Waals surface area contributed by atoms with E-state index in [0.717, 1.165) is 10.9 Å². The first-order valence-electron chi connectivity index (χ1n) is 3.26. The lowest BCUT2D eigenvalue weighted by atomic mass is 10.2. The first-order valence-corrected chi connectivity index (χ1v) is 4.06. The molecule has 9 heavy (non-hydrogen) atoms. The Balaban J connectivity index is 3.25. The molecule has 0 bridgehead atoms. The summed E-state index contributed by atoms with van der Waals surface area (Å²) < 4.78 is 1.12. The number of aliphatic hydroxyl groups is 1. The summed E-state index contributed by atoms with van der Waals surface area (Å²) in [4.78, 5) is 0. The van der Waals surface area contributed by atoms with Crippen molar-refractivity contribution in [2.24, 2.45) is 0 Å². The first-order chi connectivity index (χ1) is 4.31. The van der Waals surface area contributed by atoms with Crippen LogP contribution in [0.25, 0.3) is 0 Å². The van der Waals surface area contributed by atoms with Crippen LogP contribution < -0.4 is 0 Å². The van der Waals surface area contributed by atoms with Crippen molar-refractivity contribution >= 4 is 15.9 Å². The number of hydrogen-bond donors (Lipinski definition) is 1. The molecule has 0 spiro atoms. The molecule has 0 aliphatic carbocycles. The van der Waals surface area contributed by atoms with Crippen LogP contribution >= 0.6 is 15.9 Å². The van der Waals surface area contributed by atoms with E-state index in [4.69, 9.17) is 5.11 Å². The van der Waals surface area contributed by atoms with Gasteiger partial charge < -0.3 is 5.11 Å². The fourth-order valence-electron chi connectivity index (χ4n) is 0.547. The summed E-state index contributed by atoms with van der Waals surface area (Å²) in [7, 11) is 0. The Hall–Kier alpha value is 0.180. The topological polar surface area (TPSA) is 20.2 Å². The van der Waals surface area contributed by atoms with Gasteiger partial charge in [0.05, 0.1) is 6.61 Å².